The number of hydrogen-bond acceptors (Lipinski definition) is 1. The van der Waals surface area contributed by atoms with Crippen molar-refractivity contribution < 1.29 is 14.3 Å². The fourth-order valence-corrected chi connectivity index (χ4v) is 1.26. The molecule has 0 heterocycles. The zero-order chi connectivity index (χ0) is 11.3. The number of benzene rings is 1. The normalized spacial score (nSPS) is 11.5. The van der Waals surface area contributed by atoms with Crippen LogP contribution in [0.5, 0.6) is 0 Å². The standard InChI is InChI=1S/C12H13FO2/c1-9(4-2-7-12(14)15)10-5-3-6-11(13)8-10/h3-6,8H,2,7H2,1H3,(H,14,15)/b9-4+. The molecule has 2 nitrogen and oxygen atoms in total. The molecule has 0 bridgehead atoms. The summed E-state index contributed by atoms with van der Waals surface area (Å²) < 4.78 is 12.9. The molecule has 1 aromatic rings. The Balaban J connectivity index is 2.67. The van der Waals surface area contributed by atoms with Crippen molar-refractivity contribution in [2.75, 3.05) is 0 Å². The van der Waals surface area contributed by atoms with Crippen LogP contribution in [0.4, 0.5) is 4.39 Å². The van der Waals surface area contributed by atoms with Gasteiger partial charge in [0.1, 0.15) is 5.82 Å². The average molecular weight is 208 g/mol. The summed E-state index contributed by atoms with van der Waals surface area (Å²) in [7, 11) is 0. The number of hydrogen-bond donors (Lipinski definition) is 1. The number of aliphatic carboxylic acids is 1. The number of allylic oxidation sites excluding steroid dienone is 2. The van der Waals surface area contributed by atoms with Gasteiger partial charge < -0.3 is 5.11 Å². The van der Waals surface area contributed by atoms with Crippen LogP contribution < -0.4 is 0 Å². The smallest absolute Gasteiger partial charge is 0.303 e. The Labute approximate surface area is 88.1 Å². The molecule has 80 valence electrons. The molecule has 15 heavy (non-hydrogen) atoms. The maximum atomic E-state index is 12.9. The minimum atomic E-state index is -0.821. The van der Waals surface area contributed by atoms with Crippen molar-refractivity contribution in [3.8, 4) is 0 Å². The molecule has 1 N–H and O–H groups in total. The van der Waals surface area contributed by atoms with E-state index < -0.39 is 5.97 Å². The van der Waals surface area contributed by atoms with Gasteiger partial charge >= 0.3 is 5.97 Å². The van der Waals surface area contributed by atoms with E-state index in [0.29, 0.717) is 6.42 Å². The molecule has 0 unspecified atom stereocenters. The van der Waals surface area contributed by atoms with Crippen LogP contribution in [-0.2, 0) is 4.79 Å². The first kappa shape index (κ1) is 11.4. The van der Waals surface area contributed by atoms with Crippen LogP contribution in [0, 0.1) is 5.82 Å². The van der Waals surface area contributed by atoms with Crippen molar-refractivity contribution in [1.29, 1.82) is 0 Å². The van der Waals surface area contributed by atoms with Crippen molar-refractivity contribution >= 4 is 11.5 Å². The molecule has 0 atom stereocenters. The first-order valence-corrected chi connectivity index (χ1v) is 4.74. The molecule has 0 fully saturated rings. The lowest BCUT2D eigenvalue weighted by molar-refractivity contribution is -0.136. The number of rotatable bonds is 4. The molecule has 0 aliphatic carbocycles. The van der Waals surface area contributed by atoms with E-state index in [4.69, 9.17) is 5.11 Å². The maximum Gasteiger partial charge on any atom is 0.303 e. The largest absolute Gasteiger partial charge is 0.481 e. The molecule has 0 spiro atoms. The maximum absolute atomic E-state index is 12.9. The van der Waals surface area contributed by atoms with Crippen LogP contribution in [0.15, 0.2) is 30.3 Å². The predicted molar refractivity (Wildman–Crippen MR) is 56.9 cm³/mol. The van der Waals surface area contributed by atoms with Crippen molar-refractivity contribution in [3.05, 3.63) is 41.7 Å². The van der Waals surface area contributed by atoms with Gasteiger partial charge in [0.15, 0.2) is 0 Å². The van der Waals surface area contributed by atoms with Gasteiger partial charge in [-0.25, -0.2) is 4.39 Å². The van der Waals surface area contributed by atoms with Crippen LogP contribution in [-0.4, -0.2) is 11.1 Å². The third-order valence-corrected chi connectivity index (χ3v) is 2.09. The lowest BCUT2D eigenvalue weighted by atomic mass is 10.1. The molecule has 0 aliphatic heterocycles. The van der Waals surface area contributed by atoms with E-state index in [1.54, 1.807) is 12.1 Å². The van der Waals surface area contributed by atoms with Gasteiger partial charge in [-0.15, -0.1) is 0 Å². The third kappa shape index (κ3) is 3.94. The highest BCUT2D eigenvalue weighted by molar-refractivity contribution is 5.68. The fraction of sp³-hybridized carbons (Fsp3) is 0.250. The highest BCUT2D eigenvalue weighted by Gasteiger charge is 1.98. The van der Waals surface area contributed by atoms with Gasteiger partial charge in [-0.1, -0.05) is 18.2 Å². The van der Waals surface area contributed by atoms with Gasteiger partial charge in [0, 0.05) is 6.42 Å². The molecule has 1 aromatic carbocycles. The summed E-state index contributed by atoms with van der Waals surface area (Å²) in [6, 6.07) is 6.26. The Hall–Kier alpha value is -1.64. The minimum Gasteiger partial charge on any atom is -0.481 e. The van der Waals surface area contributed by atoms with E-state index in [2.05, 4.69) is 0 Å². The van der Waals surface area contributed by atoms with E-state index in [-0.39, 0.29) is 12.2 Å². The summed E-state index contributed by atoms with van der Waals surface area (Å²) in [6.07, 6.45) is 2.38. The van der Waals surface area contributed by atoms with Gasteiger partial charge in [0.25, 0.3) is 0 Å². The lowest BCUT2D eigenvalue weighted by Crippen LogP contribution is -1.92. The van der Waals surface area contributed by atoms with Crippen LogP contribution in [0.3, 0.4) is 0 Å². The highest BCUT2D eigenvalue weighted by Crippen LogP contribution is 2.15. The number of halogens is 1. The minimum absolute atomic E-state index is 0.104. The summed E-state index contributed by atoms with van der Waals surface area (Å²) in [6.45, 7) is 1.84. The van der Waals surface area contributed by atoms with Crippen molar-refractivity contribution in [1.82, 2.24) is 0 Å². The second kappa shape index (κ2) is 5.29. The number of carboxylic acids is 1. The first-order valence-electron chi connectivity index (χ1n) is 4.74. The summed E-state index contributed by atoms with van der Waals surface area (Å²) in [4.78, 5) is 10.3. The predicted octanol–water partition coefficient (Wildman–Crippen LogP) is 3.09. The fourth-order valence-electron chi connectivity index (χ4n) is 1.26. The van der Waals surface area contributed by atoms with Gasteiger partial charge in [-0.2, -0.15) is 0 Å². The monoisotopic (exact) mass is 208 g/mol. The summed E-state index contributed by atoms with van der Waals surface area (Å²) in [5.74, 6) is -1.10. The number of carbonyl (C=O) groups is 1. The molecule has 1 rings (SSSR count). The second-order valence-electron chi connectivity index (χ2n) is 3.33. The SMILES string of the molecule is C/C(=C\CCC(=O)O)c1cccc(F)c1. The van der Waals surface area contributed by atoms with E-state index in [0.717, 1.165) is 11.1 Å². The zero-order valence-electron chi connectivity index (χ0n) is 8.53. The second-order valence-corrected chi connectivity index (χ2v) is 3.33. The summed E-state index contributed by atoms with van der Waals surface area (Å²) >= 11 is 0. The first-order chi connectivity index (χ1) is 7.09. The molecular weight excluding hydrogens is 195 g/mol. The Morgan fingerprint density at radius 2 is 2.27 bits per heavy atom. The van der Waals surface area contributed by atoms with E-state index >= 15 is 0 Å². The quantitative estimate of drug-likeness (QED) is 0.825. The third-order valence-electron chi connectivity index (χ3n) is 2.09. The van der Waals surface area contributed by atoms with E-state index in [1.165, 1.54) is 12.1 Å². The van der Waals surface area contributed by atoms with Gasteiger partial charge in [0.2, 0.25) is 0 Å². The van der Waals surface area contributed by atoms with Gasteiger partial charge in [-0.05, 0) is 36.6 Å². The average Bonchev–Trinajstić information content (AvgIpc) is 2.17. The van der Waals surface area contributed by atoms with Crippen molar-refractivity contribution in [2.45, 2.75) is 19.8 Å². The van der Waals surface area contributed by atoms with E-state index in [1.807, 2.05) is 13.0 Å². The van der Waals surface area contributed by atoms with Crippen LogP contribution in [0.2, 0.25) is 0 Å². The molecule has 0 amide bonds. The molecule has 0 aliphatic rings. The Morgan fingerprint density at radius 3 is 2.87 bits per heavy atom. The van der Waals surface area contributed by atoms with Crippen LogP contribution in [0.25, 0.3) is 5.57 Å². The van der Waals surface area contributed by atoms with Crippen molar-refractivity contribution in [2.24, 2.45) is 0 Å². The summed E-state index contributed by atoms with van der Waals surface area (Å²) in [5.41, 5.74) is 1.69. The molecular formula is C12H13FO2. The molecule has 0 aromatic heterocycles. The highest BCUT2D eigenvalue weighted by atomic mass is 19.1. The zero-order valence-corrected chi connectivity index (χ0v) is 8.53. The lowest BCUT2D eigenvalue weighted by Gasteiger charge is -2.01. The van der Waals surface area contributed by atoms with Crippen LogP contribution >= 0.6 is 0 Å². The Kier molecular flexibility index (Phi) is 4.03. The molecule has 0 saturated carbocycles. The molecule has 3 heteroatoms. The van der Waals surface area contributed by atoms with Crippen molar-refractivity contribution in [3.63, 3.8) is 0 Å². The summed E-state index contributed by atoms with van der Waals surface area (Å²) in [5, 5.41) is 8.45. The molecule has 0 saturated heterocycles. The Bertz CT molecular complexity index is 383. The number of carboxylic acid groups (broad SMARTS) is 1. The Morgan fingerprint density at radius 1 is 1.53 bits per heavy atom. The van der Waals surface area contributed by atoms with Gasteiger partial charge in [0.05, 0.1) is 0 Å². The molecule has 0 radical (unpaired) electrons. The van der Waals surface area contributed by atoms with Gasteiger partial charge in [-0.3, -0.25) is 4.79 Å². The van der Waals surface area contributed by atoms with E-state index in [9.17, 15) is 9.18 Å². The topological polar surface area (TPSA) is 37.3 Å². The van der Waals surface area contributed by atoms with Crippen LogP contribution in [0.1, 0.15) is 25.3 Å².